The van der Waals surface area contributed by atoms with Gasteiger partial charge in [0.25, 0.3) is 11.5 Å². The summed E-state index contributed by atoms with van der Waals surface area (Å²) in [6.45, 7) is -0.286. The van der Waals surface area contributed by atoms with Crippen LogP contribution < -0.4 is 5.56 Å². The van der Waals surface area contributed by atoms with Gasteiger partial charge < -0.3 is 4.90 Å². The summed E-state index contributed by atoms with van der Waals surface area (Å²) in [6.07, 6.45) is -1.91. The number of pyridine rings is 1. The van der Waals surface area contributed by atoms with Crippen LogP contribution in [0.4, 0.5) is 13.2 Å². The van der Waals surface area contributed by atoms with Gasteiger partial charge in [0.2, 0.25) is 0 Å². The van der Waals surface area contributed by atoms with Crippen LogP contribution in [-0.4, -0.2) is 27.2 Å². The summed E-state index contributed by atoms with van der Waals surface area (Å²) in [5.74, 6) is -0.697. The van der Waals surface area contributed by atoms with Gasteiger partial charge in [-0.15, -0.1) is 0 Å². The molecule has 1 amide bonds. The third-order valence-corrected chi connectivity index (χ3v) is 3.92. The molecule has 0 saturated carbocycles. The van der Waals surface area contributed by atoms with Crippen LogP contribution in [0.3, 0.4) is 0 Å². The van der Waals surface area contributed by atoms with Crippen molar-refractivity contribution in [3.8, 4) is 0 Å². The van der Waals surface area contributed by atoms with Crippen molar-refractivity contribution < 1.29 is 18.0 Å². The van der Waals surface area contributed by atoms with Crippen molar-refractivity contribution in [3.63, 3.8) is 0 Å². The second kappa shape index (κ2) is 6.62. The van der Waals surface area contributed by atoms with E-state index < -0.39 is 23.2 Å². The van der Waals surface area contributed by atoms with Gasteiger partial charge in [0.15, 0.2) is 0 Å². The molecule has 0 bridgehead atoms. The second-order valence-corrected chi connectivity index (χ2v) is 5.72. The summed E-state index contributed by atoms with van der Waals surface area (Å²) in [4.78, 5) is 30.1. The Morgan fingerprint density at radius 2 is 1.85 bits per heavy atom. The number of carbonyl (C=O) groups is 1. The Balaban J connectivity index is 1.93. The molecular formula is C18H14F3N3O2. The Labute approximate surface area is 146 Å². The number of nitrogens with zero attached hydrogens (tertiary/aromatic N) is 3. The third-order valence-electron chi connectivity index (χ3n) is 3.92. The molecule has 134 valence electrons. The van der Waals surface area contributed by atoms with Gasteiger partial charge in [-0.05, 0) is 23.8 Å². The lowest BCUT2D eigenvalue weighted by atomic mass is 10.1. The average Bonchev–Trinajstić information content (AvgIpc) is 2.61. The highest BCUT2D eigenvalue weighted by Gasteiger charge is 2.33. The van der Waals surface area contributed by atoms with Crippen molar-refractivity contribution in [3.05, 3.63) is 81.9 Å². The number of benzene rings is 1. The number of hydrogen-bond acceptors (Lipinski definition) is 3. The minimum atomic E-state index is -4.52. The van der Waals surface area contributed by atoms with Gasteiger partial charge in [0.1, 0.15) is 11.2 Å². The van der Waals surface area contributed by atoms with Crippen molar-refractivity contribution >= 4 is 11.6 Å². The van der Waals surface area contributed by atoms with E-state index in [0.29, 0.717) is 5.65 Å². The SMILES string of the molecule is CN(Cc1ccccc1C(F)(F)F)C(=O)c1cnc2ccccn2c1=O. The highest BCUT2D eigenvalue weighted by molar-refractivity contribution is 5.93. The summed E-state index contributed by atoms with van der Waals surface area (Å²) in [5.41, 5.74) is -1.27. The molecule has 0 saturated heterocycles. The Kier molecular flexibility index (Phi) is 4.50. The normalized spacial score (nSPS) is 11.5. The number of fused-ring (bicyclic) bond motifs is 1. The summed E-state index contributed by atoms with van der Waals surface area (Å²) < 4.78 is 40.5. The predicted octanol–water partition coefficient (Wildman–Crippen LogP) is 2.99. The lowest BCUT2D eigenvalue weighted by molar-refractivity contribution is -0.138. The monoisotopic (exact) mass is 361 g/mol. The summed E-state index contributed by atoms with van der Waals surface area (Å²) >= 11 is 0. The molecule has 0 aliphatic rings. The number of rotatable bonds is 3. The van der Waals surface area contributed by atoms with Gasteiger partial charge in [-0.2, -0.15) is 13.2 Å². The molecule has 1 aromatic carbocycles. The molecule has 0 unspecified atom stereocenters. The lowest BCUT2D eigenvalue weighted by Crippen LogP contribution is -2.33. The van der Waals surface area contributed by atoms with Crippen LogP contribution in [0.2, 0.25) is 0 Å². The van der Waals surface area contributed by atoms with Crippen LogP contribution in [0, 0.1) is 0 Å². The van der Waals surface area contributed by atoms with E-state index in [1.165, 1.54) is 35.8 Å². The first-order valence-electron chi connectivity index (χ1n) is 7.66. The molecule has 2 aromatic heterocycles. The van der Waals surface area contributed by atoms with Gasteiger partial charge in [-0.25, -0.2) is 4.98 Å². The molecule has 0 atom stereocenters. The molecule has 0 radical (unpaired) electrons. The van der Waals surface area contributed by atoms with Crippen LogP contribution in [0.5, 0.6) is 0 Å². The fourth-order valence-electron chi connectivity index (χ4n) is 2.64. The maximum absolute atomic E-state index is 13.1. The fourth-order valence-corrected chi connectivity index (χ4v) is 2.64. The predicted molar refractivity (Wildman–Crippen MR) is 88.7 cm³/mol. The van der Waals surface area contributed by atoms with Gasteiger partial charge >= 0.3 is 6.18 Å². The minimum Gasteiger partial charge on any atom is -0.337 e. The lowest BCUT2D eigenvalue weighted by Gasteiger charge is -2.20. The molecule has 0 spiro atoms. The topological polar surface area (TPSA) is 54.7 Å². The highest BCUT2D eigenvalue weighted by atomic mass is 19.4. The van der Waals surface area contributed by atoms with Crippen LogP contribution in [0.25, 0.3) is 5.65 Å². The maximum atomic E-state index is 13.1. The molecule has 0 fully saturated rings. The van der Waals surface area contributed by atoms with E-state index >= 15 is 0 Å². The van der Waals surface area contributed by atoms with Crippen LogP contribution in [0.15, 0.2) is 59.7 Å². The quantitative estimate of drug-likeness (QED) is 0.721. The van der Waals surface area contributed by atoms with E-state index in [2.05, 4.69) is 4.98 Å². The van der Waals surface area contributed by atoms with E-state index in [9.17, 15) is 22.8 Å². The summed E-state index contributed by atoms with van der Waals surface area (Å²) in [6, 6.07) is 9.94. The molecule has 8 heteroatoms. The van der Waals surface area contributed by atoms with E-state index in [0.717, 1.165) is 17.2 Å². The Bertz CT molecular complexity index is 1030. The van der Waals surface area contributed by atoms with E-state index in [1.807, 2.05) is 0 Å². The first-order chi connectivity index (χ1) is 12.3. The van der Waals surface area contributed by atoms with E-state index in [-0.39, 0.29) is 17.7 Å². The largest absolute Gasteiger partial charge is 0.416 e. The first-order valence-corrected chi connectivity index (χ1v) is 7.66. The third kappa shape index (κ3) is 3.30. The van der Waals surface area contributed by atoms with Crippen molar-refractivity contribution in [2.75, 3.05) is 7.05 Å². The van der Waals surface area contributed by atoms with Gasteiger partial charge in [-0.3, -0.25) is 14.0 Å². The van der Waals surface area contributed by atoms with Crippen molar-refractivity contribution in [1.29, 1.82) is 0 Å². The van der Waals surface area contributed by atoms with Crippen molar-refractivity contribution in [2.24, 2.45) is 0 Å². The molecule has 26 heavy (non-hydrogen) atoms. The first kappa shape index (κ1) is 17.7. The summed E-state index contributed by atoms with van der Waals surface area (Å²) in [5, 5.41) is 0. The Morgan fingerprint density at radius 3 is 2.58 bits per heavy atom. The second-order valence-electron chi connectivity index (χ2n) is 5.72. The zero-order valence-corrected chi connectivity index (χ0v) is 13.7. The number of carbonyl (C=O) groups excluding carboxylic acids is 1. The van der Waals surface area contributed by atoms with Gasteiger partial charge in [0, 0.05) is 26.0 Å². The van der Waals surface area contributed by atoms with Gasteiger partial charge in [0.05, 0.1) is 5.56 Å². The molecule has 0 aliphatic carbocycles. The van der Waals surface area contributed by atoms with Crippen molar-refractivity contribution in [1.82, 2.24) is 14.3 Å². The van der Waals surface area contributed by atoms with Crippen molar-refractivity contribution in [2.45, 2.75) is 12.7 Å². The zero-order valence-electron chi connectivity index (χ0n) is 13.7. The standard InChI is InChI=1S/C18H14F3N3O2/c1-23(11-12-6-2-3-7-14(12)18(19,20)21)16(25)13-10-22-15-8-4-5-9-24(15)17(13)26/h2-10H,11H2,1H3. The van der Waals surface area contributed by atoms with Gasteiger partial charge in [-0.1, -0.05) is 24.3 Å². The Morgan fingerprint density at radius 1 is 1.15 bits per heavy atom. The fraction of sp³-hybridized carbons (Fsp3) is 0.167. The molecular weight excluding hydrogens is 347 g/mol. The Hall–Kier alpha value is -3.16. The maximum Gasteiger partial charge on any atom is 0.416 e. The van der Waals surface area contributed by atoms with Crippen LogP contribution >= 0.6 is 0 Å². The minimum absolute atomic E-state index is 0.0512. The number of aromatic nitrogens is 2. The molecule has 5 nitrogen and oxygen atoms in total. The average molecular weight is 361 g/mol. The molecule has 3 aromatic rings. The van der Waals surface area contributed by atoms with Crippen LogP contribution in [0.1, 0.15) is 21.5 Å². The summed E-state index contributed by atoms with van der Waals surface area (Å²) in [7, 11) is 1.34. The number of hydrogen-bond donors (Lipinski definition) is 0. The molecule has 0 N–H and O–H groups in total. The zero-order chi connectivity index (χ0) is 18.9. The molecule has 2 heterocycles. The number of halogens is 3. The number of amides is 1. The van der Waals surface area contributed by atoms with E-state index in [1.54, 1.807) is 18.2 Å². The molecule has 3 rings (SSSR count). The smallest absolute Gasteiger partial charge is 0.337 e. The van der Waals surface area contributed by atoms with E-state index in [4.69, 9.17) is 0 Å². The number of alkyl halides is 3. The van der Waals surface area contributed by atoms with Crippen LogP contribution in [-0.2, 0) is 12.7 Å². The highest BCUT2D eigenvalue weighted by Crippen LogP contribution is 2.32. The molecule has 0 aliphatic heterocycles.